The quantitative estimate of drug-likeness (QED) is 0.466. The summed E-state index contributed by atoms with van der Waals surface area (Å²) in [4.78, 5) is 22.7. The molecule has 0 amide bonds. The van der Waals surface area contributed by atoms with E-state index < -0.39 is 15.8 Å². The van der Waals surface area contributed by atoms with E-state index in [1.807, 2.05) is 6.92 Å². The van der Waals surface area contributed by atoms with E-state index >= 15 is 0 Å². The van der Waals surface area contributed by atoms with Gasteiger partial charge in [-0.15, -0.1) is 0 Å². The number of carbonyl (C=O) groups excluding carboxylic acids is 1. The van der Waals surface area contributed by atoms with Crippen LogP contribution in [-0.2, 0) is 19.6 Å². The highest BCUT2D eigenvalue weighted by molar-refractivity contribution is 7.89. The fourth-order valence-electron chi connectivity index (χ4n) is 3.70. The zero-order valence-corrected chi connectivity index (χ0v) is 19.0. The molecule has 3 heterocycles. The van der Waals surface area contributed by atoms with Gasteiger partial charge in [0.2, 0.25) is 10.0 Å². The smallest absolute Gasteiger partial charge is 0.305 e. The van der Waals surface area contributed by atoms with Crippen molar-refractivity contribution < 1.29 is 22.3 Å². The molecule has 0 saturated carbocycles. The average molecular weight is 473 g/mol. The highest BCUT2D eigenvalue weighted by Crippen LogP contribution is 2.37. The van der Waals surface area contributed by atoms with Crippen LogP contribution in [-0.4, -0.2) is 59.1 Å². The molecule has 2 aromatic rings. The average Bonchev–Trinajstić information content (AvgIpc) is 3.12. The molecule has 31 heavy (non-hydrogen) atoms. The number of halogens is 2. The van der Waals surface area contributed by atoms with Gasteiger partial charge in [0.15, 0.2) is 11.0 Å². The molecule has 0 bridgehead atoms. The van der Waals surface area contributed by atoms with Crippen LogP contribution in [0.15, 0.2) is 18.3 Å². The third kappa shape index (κ3) is 5.81. The summed E-state index contributed by atoms with van der Waals surface area (Å²) in [7, 11) is -3.44. The van der Waals surface area contributed by atoms with E-state index in [0.29, 0.717) is 36.2 Å². The van der Waals surface area contributed by atoms with E-state index in [1.54, 1.807) is 6.92 Å². The number of piperidine rings is 1. The van der Waals surface area contributed by atoms with Gasteiger partial charge in [-0.1, -0.05) is 25.4 Å². The molecular formula is C20H26ClFN4O4S. The Morgan fingerprint density at radius 1 is 1.42 bits per heavy atom. The highest BCUT2D eigenvalue weighted by atomic mass is 35.5. The minimum atomic E-state index is -3.44. The van der Waals surface area contributed by atoms with Crippen LogP contribution in [0.4, 0.5) is 4.39 Å². The second kappa shape index (κ2) is 10.1. The minimum absolute atomic E-state index is 0.00570. The van der Waals surface area contributed by atoms with Crippen molar-refractivity contribution in [1.29, 1.82) is 0 Å². The second-order valence-corrected chi connectivity index (χ2v) is 10.1. The number of H-pyrrole nitrogens is 1. The molecule has 0 radical (unpaired) electrons. The number of pyridine rings is 1. The monoisotopic (exact) mass is 472 g/mol. The minimum Gasteiger partial charge on any atom is -0.466 e. The Morgan fingerprint density at radius 3 is 2.84 bits per heavy atom. The Hall–Kier alpha value is -2.04. The molecule has 2 aromatic heterocycles. The summed E-state index contributed by atoms with van der Waals surface area (Å²) in [6.45, 7) is 4.49. The van der Waals surface area contributed by atoms with E-state index in [-0.39, 0.29) is 43.0 Å². The molecule has 170 valence electrons. The predicted octanol–water partition coefficient (Wildman–Crippen LogP) is 3.36. The number of aromatic nitrogens is 3. The lowest BCUT2D eigenvalue weighted by Crippen LogP contribution is -2.43. The van der Waals surface area contributed by atoms with Gasteiger partial charge < -0.3 is 9.72 Å². The van der Waals surface area contributed by atoms with Crippen LogP contribution in [0, 0.1) is 11.7 Å². The zero-order chi connectivity index (χ0) is 22.6. The first-order valence-corrected chi connectivity index (χ1v) is 12.2. The largest absolute Gasteiger partial charge is 0.466 e. The summed E-state index contributed by atoms with van der Waals surface area (Å²) in [5.41, 5.74) is 1.21. The molecule has 2 atom stereocenters. The fraction of sp³-hybridized carbons (Fsp3) is 0.550. The maximum absolute atomic E-state index is 13.1. The van der Waals surface area contributed by atoms with E-state index in [4.69, 9.17) is 16.3 Å². The number of nitrogens with one attached hydrogen (secondary N) is 1. The lowest BCUT2D eigenvalue weighted by Gasteiger charge is -2.35. The maximum Gasteiger partial charge on any atom is 0.305 e. The SMILES string of the molecule is CCC(=O)OCCCS(=O)(=O)N1CC[C@@H](c2[nH]c(-c3ccc(F)cn3)nc2Cl)[C@@H](C)C1. The van der Waals surface area contributed by atoms with Gasteiger partial charge in [0.25, 0.3) is 0 Å². The highest BCUT2D eigenvalue weighted by Gasteiger charge is 2.35. The number of rotatable bonds is 8. The molecule has 8 nitrogen and oxygen atoms in total. The molecule has 0 unspecified atom stereocenters. The molecule has 1 fully saturated rings. The Labute approximate surface area is 186 Å². The zero-order valence-electron chi connectivity index (χ0n) is 17.5. The molecule has 1 aliphatic rings. The van der Waals surface area contributed by atoms with Crippen molar-refractivity contribution >= 4 is 27.6 Å². The molecule has 1 N–H and O–H groups in total. The molecule has 0 spiro atoms. The number of nitrogens with zero attached hydrogens (tertiary/aromatic N) is 3. The number of carbonyl (C=O) groups is 1. The van der Waals surface area contributed by atoms with Crippen molar-refractivity contribution in [2.45, 2.75) is 39.0 Å². The van der Waals surface area contributed by atoms with Crippen molar-refractivity contribution in [3.63, 3.8) is 0 Å². The first-order chi connectivity index (χ1) is 14.7. The summed E-state index contributed by atoms with van der Waals surface area (Å²) in [6, 6.07) is 2.82. The van der Waals surface area contributed by atoms with Crippen molar-refractivity contribution in [3.05, 3.63) is 35.0 Å². The van der Waals surface area contributed by atoms with Gasteiger partial charge in [0.1, 0.15) is 11.5 Å². The number of ether oxygens (including phenoxy) is 1. The van der Waals surface area contributed by atoms with Gasteiger partial charge in [-0.05, 0) is 30.9 Å². The predicted molar refractivity (Wildman–Crippen MR) is 115 cm³/mol. The van der Waals surface area contributed by atoms with Crippen LogP contribution in [0.1, 0.15) is 44.7 Å². The number of esters is 1. The Bertz CT molecular complexity index is 1010. The maximum atomic E-state index is 13.1. The molecule has 1 aliphatic heterocycles. The molecule has 11 heteroatoms. The third-order valence-corrected chi connectivity index (χ3v) is 7.60. The van der Waals surface area contributed by atoms with Gasteiger partial charge in [-0.2, -0.15) is 0 Å². The van der Waals surface area contributed by atoms with Gasteiger partial charge in [0, 0.05) is 25.4 Å². The summed E-state index contributed by atoms with van der Waals surface area (Å²) in [5.74, 6) is -0.374. The number of sulfonamides is 1. The summed E-state index contributed by atoms with van der Waals surface area (Å²) in [6.07, 6.45) is 2.24. The molecular weight excluding hydrogens is 447 g/mol. The molecule has 0 aliphatic carbocycles. The van der Waals surface area contributed by atoms with Crippen LogP contribution in [0.25, 0.3) is 11.5 Å². The number of imidazole rings is 1. The third-order valence-electron chi connectivity index (χ3n) is 5.39. The van der Waals surface area contributed by atoms with Crippen LogP contribution in [0.5, 0.6) is 0 Å². The number of aromatic amines is 1. The fourth-order valence-corrected chi connectivity index (χ4v) is 5.55. The van der Waals surface area contributed by atoms with Gasteiger partial charge in [-0.25, -0.2) is 27.1 Å². The van der Waals surface area contributed by atoms with Crippen LogP contribution >= 0.6 is 11.6 Å². The molecule has 1 saturated heterocycles. The van der Waals surface area contributed by atoms with E-state index in [1.165, 1.54) is 16.4 Å². The van der Waals surface area contributed by atoms with Crippen molar-refractivity contribution in [2.75, 3.05) is 25.4 Å². The molecule has 0 aromatic carbocycles. The number of hydrogen-bond donors (Lipinski definition) is 1. The van der Waals surface area contributed by atoms with Crippen molar-refractivity contribution in [2.24, 2.45) is 5.92 Å². The van der Waals surface area contributed by atoms with E-state index in [0.717, 1.165) is 11.9 Å². The summed E-state index contributed by atoms with van der Waals surface area (Å²) in [5, 5.41) is 0.312. The lowest BCUT2D eigenvalue weighted by molar-refractivity contribution is -0.143. The van der Waals surface area contributed by atoms with Gasteiger partial charge in [0.05, 0.1) is 24.3 Å². The van der Waals surface area contributed by atoms with Crippen molar-refractivity contribution in [1.82, 2.24) is 19.3 Å². The van der Waals surface area contributed by atoms with Gasteiger partial charge >= 0.3 is 5.97 Å². The molecule has 3 rings (SSSR count). The second-order valence-electron chi connectivity index (χ2n) is 7.63. The lowest BCUT2D eigenvalue weighted by atomic mass is 9.86. The van der Waals surface area contributed by atoms with Crippen LogP contribution in [0.2, 0.25) is 5.15 Å². The van der Waals surface area contributed by atoms with E-state index in [9.17, 15) is 17.6 Å². The topological polar surface area (TPSA) is 105 Å². The van der Waals surface area contributed by atoms with E-state index in [2.05, 4.69) is 15.0 Å². The van der Waals surface area contributed by atoms with Gasteiger partial charge in [-0.3, -0.25) is 4.79 Å². The standard InChI is InChI=1S/C20H26ClFN4O4S/c1-3-17(27)30-9-4-10-31(28,29)26-8-7-15(13(2)12-26)18-19(21)25-20(24-18)16-6-5-14(22)11-23-16/h5-6,11,13,15H,3-4,7-10,12H2,1-2H3,(H,24,25)/t13-,15+/m0/s1. The van der Waals surface area contributed by atoms with Crippen molar-refractivity contribution in [3.8, 4) is 11.5 Å². The van der Waals surface area contributed by atoms with Crippen LogP contribution < -0.4 is 0 Å². The van der Waals surface area contributed by atoms with Crippen LogP contribution in [0.3, 0.4) is 0 Å². The summed E-state index contributed by atoms with van der Waals surface area (Å²) >= 11 is 6.36. The summed E-state index contributed by atoms with van der Waals surface area (Å²) < 4.78 is 44.9. The Kier molecular flexibility index (Phi) is 7.66. The first kappa shape index (κ1) is 23.6. The Balaban J connectivity index is 1.62. The first-order valence-electron chi connectivity index (χ1n) is 10.2. The normalized spacial score (nSPS) is 20.0. The number of hydrogen-bond acceptors (Lipinski definition) is 6. The Morgan fingerprint density at radius 2 is 2.19 bits per heavy atom.